The van der Waals surface area contributed by atoms with Crippen LogP contribution in [0.2, 0.25) is 0 Å². The highest BCUT2D eigenvalue weighted by molar-refractivity contribution is 5.98. The molecule has 3 aromatic rings. The van der Waals surface area contributed by atoms with Gasteiger partial charge in [-0.1, -0.05) is 42.5 Å². The van der Waals surface area contributed by atoms with Crippen molar-refractivity contribution in [2.75, 3.05) is 12.4 Å². The molecule has 8 heteroatoms. The van der Waals surface area contributed by atoms with Crippen LogP contribution in [0.25, 0.3) is 0 Å². The lowest BCUT2D eigenvalue weighted by Gasteiger charge is -2.18. The highest BCUT2D eigenvalue weighted by Crippen LogP contribution is 2.24. The molecule has 0 aromatic heterocycles. The number of ether oxygens (including phenoxy) is 2. The second-order valence-corrected chi connectivity index (χ2v) is 6.22. The molecule has 1 amide bonds. The maximum Gasteiger partial charge on any atom is 0.339 e. The number of rotatable bonds is 7. The summed E-state index contributed by atoms with van der Waals surface area (Å²) in [5.74, 6) is -0.876. The van der Waals surface area contributed by atoms with Crippen molar-refractivity contribution in [2.24, 2.45) is 0 Å². The fraction of sp³-hybridized carbons (Fsp3) is 0.0909. The number of amides is 1. The molecule has 0 saturated carbocycles. The summed E-state index contributed by atoms with van der Waals surface area (Å²) >= 11 is 0. The summed E-state index contributed by atoms with van der Waals surface area (Å²) in [6.07, 6.45) is -1.26. The van der Waals surface area contributed by atoms with E-state index in [1.807, 2.05) is 0 Å². The normalized spacial score (nSPS) is 11.2. The van der Waals surface area contributed by atoms with Crippen molar-refractivity contribution in [3.8, 4) is 5.75 Å². The lowest BCUT2D eigenvalue weighted by Crippen LogP contribution is -2.26. The van der Waals surface area contributed by atoms with Gasteiger partial charge in [0.1, 0.15) is 5.75 Å². The van der Waals surface area contributed by atoms with E-state index in [2.05, 4.69) is 5.32 Å². The first kappa shape index (κ1) is 20.5. The molecule has 8 nitrogen and oxygen atoms in total. The number of non-ortho nitro benzene ring substituents is 1. The third-order valence-electron chi connectivity index (χ3n) is 4.20. The lowest BCUT2D eigenvalue weighted by atomic mass is 10.1. The van der Waals surface area contributed by atoms with Crippen molar-refractivity contribution < 1.29 is 24.0 Å². The van der Waals surface area contributed by atoms with E-state index >= 15 is 0 Å². The summed E-state index contributed by atoms with van der Waals surface area (Å²) in [4.78, 5) is 35.9. The van der Waals surface area contributed by atoms with E-state index in [1.165, 1.54) is 25.3 Å². The van der Waals surface area contributed by atoms with Crippen LogP contribution in [0, 0.1) is 10.1 Å². The van der Waals surface area contributed by atoms with E-state index in [1.54, 1.807) is 54.6 Å². The number of nitro groups is 1. The van der Waals surface area contributed by atoms with E-state index in [4.69, 9.17) is 9.47 Å². The highest BCUT2D eigenvalue weighted by atomic mass is 16.6. The molecule has 0 aliphatic heterocycles. The number of carbonyl (C=O) groups is 2. The van der Waals surface area contributed by atoms with Crippen molar-refractivity contribution in [3.05, 3.63) is 100 Å². The zero-order valence-electron chi connectivity index (χ0n) is 16.0. The molecule has 152 valence electrons. The summed E-state index contributed by atoms with van der Waals surface area (Å²) in [5.41, 5.74) is 0.643. The monoisotopic (exact) mass is 406 g/mol. The summed E-state index contributed by atoms with van der Waals surface area (Å²) in [6.45, 7) is 0. The van der Waals surface area contributed by atoms with Gasteiger partial charge in [0.2, 0.25) is 6.10 Å². The maximum atomic E-state index is 12.9. The molecule has 0 fully saturated rings. The Kier molecular flexibility index (Phi) is 6.39. The number of nitro benzene ring substituents is 1. The molecule has 0 aliphatic rings. The minimum atomic E-state index is -1.26. The smallest absolute Gasteiger partial charge is 0.339 e. The van der Waals surface area contributed by atoms with Crippen LogP contribution >= 0.6 is 0 Å². The first-order valence-electron chi connectivity index (χ1n) is 8.93. The molecule has 0 spiro atoms. The maximum absolute atomic E-state index is 12.9. The van der Waals surface area contributed by atoms with Crippen LogP contribution in [0.15, 0.2) is 78.9 Å². The van der Waals surface area contributed by atoms with Crippen LogP contribution in [-0.4, -0.2) is 23.9 Å². The number of hydrogen-bond donors (Lipinski definition) is 1. The van der Waals surface area contributed by atoms with E-state index in [-0.39, 0.29) is 11.3 Å². The van der Waals surface area contributed by atoms with E-state index in [9.17, 15) is 19.7 Å². The van der Waals surface area contributed by atoms with Gasteiger partial charge in [-0.3, -0.25) is 14.9 Å². The zero-order valence-corrected chi connectivity index (χ0v) is 16.0. The van der Waals surface area contributed by atoms with Crippen molar-refractivity contribution in [2.45, 2.75) is 6.10 Å². The number of methoxy groups -OCH3 is 1. The Balaban J connectivity index is 1.85. The minimum Gasteiger partial charge on any atom is -0.497 e. The van der Waals surface area contributed by atoms with Gasteiger partial charge in [0.25, 0.3) is 11.6 Å². The number of carbonyl (C=O) groups excluding carboxylic acids is 2. The van der Waals surface area contributed by atoms with Gasteiger partial charge in [0.05, 0.1) is 17.6 Å². The predicted octanol–water partition coefficient (Wildman–Crippen LogP) is 4.14. The zero-order chi connectivity index (χ0) is 21.5. The highest BCUT2D eigenvalue weighted by Gasteiger charge is 2.26. The van der Waals surface area contributed by atoms with Crippen LogP contribution in [0.1, 0.15) is 22.0 Å². The Hall–Kier alpha value is -4.20. The Morgan fingerprint density at radius 1 is 0.967 bits per heavy atom. The molecule has 0 bridgehead atoms. The number of esters is 1. The molecule has 3 rings (SSSR count). The average Bonchev–Trinajstić information content (AvgIpc) is 2.78. The van der Waals surface area contributed by atoms with E-state index in [0.29, 0.717) is 17.0 Å². The molecular formula is C22H18N2O6. The average molecular weight is 406 g/mol. The number of nitrogens with zero attached hydrogens (tertiary/aromatic N) is 1. The number of nitrogens with one attached hydrogen (secondary N) is 1. The van der Waals surface area contributed by atoms with Crippen LogP contribution in [-0.2, 0) is 9.53 Å². The number of benzene rings is 3. The van der Waals surface area contributed by atoms with Gasteiger partial charge in [-0.2, -0.15) is 0 Å². The molecule has 0 aliphatic carbocycles. The van der Waals surface area contributed by atoms with Gasteiger partial charge in [0, 0.05) is 29.4 Å². The number of anilines is 1. The molecule has 1 atom stereocenters. The second kappa shape index (κ2) is 9.33. The third kappa shape index (κ3) is 4.99. The lowest BCUT2D eigenvalue weighted by molar-refractivity contribution is -0.384. The molecule has 0 radical (unpaired) electrons. The first-order valence-corrected chi connectivity index (χ1v) is 8.93. The van der Waals surface area contributed by atoms with Crippen molar-refractivity contribution in [1.82, 2.24) is 0 Å². The SMILES string of the molecule is COc1cccc(NC(=O)[C@H](OC(=O)c2cccc([N+](=O)[O-])c2)c2ccccc2)c1. The predicted molar refractivity (Wildman–Crippen MR) is 109 cm³/mol. The summed E-state index contributed by atoms with van der Waals surface area (Å²) in [5, 5.41) is 13.7. The Labute approximate surface area is 172 Å². The van der Waals surface area contributed by atoms with Gasteiger partial charge in [-0.05, 0) is 18.2 Å². The third-order valence-corrected chi connectivity index (χ3v) is 4.20. The summed E-state index contributed by atoms with van der Waals surface area (Å²) in [6, 6.07) is 20.4. The van der Waals surface area contributed by atoms with Gasteiger partial charge in [-0.15, -0.1) is 0 Å². The fourth-order valence-corrected chi connectivity index (χ4v) is 2.73. The van der Waals surface area contributed by atoms with Gasteiger partial charge >= 0.3 is 5.97 Å². The summed E-state index contributed by atoms with van der Waals surface area (Å²) < 4.78 is 10.6. The van der Waals surface area contributed by atoms with Gasteiger partial charge < -0.3 is 14.8 Å². The fourth-order valence-electron chi connectivity index (χ4n) is 2.73. The minimum absolute atomic E-state index is 0.0284. The molecule has 0 saturated heterocycles. The van der Waals surface area contributed by atoms with Crippen LogP contribution in [0.4, 0.5) is 11.4 Å². The van der Waals surface area contributed by atoms with Gasteiger partial charge in [0.15, 0.2) is 0 Å². The molecule has 0 unspecified atom stereocenters. The molecule has 1 N–H and O–H groups in total. The Morgan fingerprint density at radius 2 is 1.70 bits per heavy atom. The molecular weight excluding hydrogens is 388 g/mol. The van der Waals surface area contributed by atoms with Crippen LogP contribution in [0.3, 0.4) is 0 Å². The Bertz CT molecular complexity index is 1070. The molecule has 30 heavy (non-hydrogen) atoms. The quantitative estimate of drug-likeness (QED) is 0.359. The van der Waals surface area contributed by atoms with Crippen molar-refractivity contribution in [1.29, 1.82) is 0 Å². The van der Waals surface area contributed by atoms with Crippen LogP contribution < -0.4 is 10.1 Å². The van der Waals surface area contributed by atoms with Crippen molar-refractivity contribution >= 4 is 23.3 Å². The standard InChI is InChI=1S/C22H18N2O6/c1-29-19-12-6-10-17(14-19)23-21(25)20(15-7-3-2-4-8-15)30-22(26)16-9-5-11-18(13-16)24(27)28/h2-14,20H,1H3,(H,23,25)/t20-/m1/s1. The second-order valence-electron chi connectivity index (χ2n) is 6.22. The Morgan fingerprint density at radius 3 is 2.40 bits per heavy atom. The first-order chi connectivity index (χ1) is 14.5. The van der Waals surface area contributed by atoms with E-state index in [0.717, 1.165) is 6.07 Å². The number of hydrogen-bond acceptors (Lipinski definition) is 6. The largest absolute Gasteiger partial charge is 0.497 e. The molecule has 3 aromatic carbocycles. The van der Waals surface area contributed by atoms with Gasteiger partial charge in [-0.25, -0.2) is 4.79 Å². The summed E-state index contributed by atoms with van der Waals surface area (Å²) in [7, 11) is 1.51. The van der Waals surface area contributed by atoms with Crippen molar-refractivity contribution in [3.63, 3.8) is 0 Å². The molecule has 0 heterocycles. The van der Waals surface area contributed by atoms with Crippen LogP contribution in [0.5, 0.6) is 5.75 Å². The topological polar surface area (TPSA) is 108 Å². The van der Waals surface area contributed by atoms with E-state index < -0.39 is 22.9 Å².